The Kier molecular flexibility index (Phi) is 12.4. The number of benzene rings is 2. The minimum absolute atomic E-state index is 0.0417. The van der Waals surface area contributed by atoms with Crippen LogP contribution in [0.3, 0.4) is 0 Å². The van der Waals surface area contributed by atoms with E-state index in [0.29, 0.717) is 29.5 Å². The summed E-state index contributed by atoms with van der Waals surface area (Å²) in [6.07, 6.45) is 5.47. The van der Waals surface area contributed by atoms with Crippen LogP contribution < -0.4 is 18.9 Å². The third kappa shape index (κ3) is 8.71. The second-order valence-corrected chi connectivity index (χ2v) is 9.05. The normalized spacial score (nSPS) is 11.2. The molecule has 0 saturated carbocycles. The van der Waals surface area contributed by atoms with Gasteiger partial charge in [0.2, 0.25) is 5.88 Å². The minimum Gasteiger partial charge on any atom is -0.619 e. The number of methoxy groups -OCH3 is 2. The summed E-state index contributed by atoms with van der Waals surface area (Å²) in [5.41, 5.74) is 2.94. The largest absolute Gasteiger partial charge is 0.619 e. The van der Waals surface area contributed by atoms with Crippen molar-refractivity contribution in [2.75, 3.05) is 14.2 Å². The second kappa shape index (κ2) is 15.5. The third-order valence-corrected chi connectivity index (χ3v) is 6.07. The smallest absolute Gasteiger partial charge is 0.219 e. The first-order valence-electron chi connectivity index (χ1n) is 13.6. The highest BCUT2D eigenvalue weighted by Gasteiger charge is 2.19. The van der Waals surface area contributed by atoms with Gasteiger partial charge in [0.25, 0.3) is 0 Å². The number of hydrogen-bond donors (Lipinski definition) is 1. The van der Waals surface area contributed by atoms with Crippen LogP contribution in [0.5, 0.6) is 23.1 Å². The van der Waals surface area contributed by atoms with Crippen LogP contribution in [0.2, 0.25) is 0 Å². The van der Waals surface area contributed by atoms with Crippen molar-refractivity contribution in [3.63, 3.8) is 0 Å². The van der Waals surface area contributed by atoms with E-state index in [1.54, 1.807) is 34.3 Å². The fraction of sp³-hybridized carbons (Fsp3) is 0.333. The van der Waals surface area contributed by atoms with Crippen molar-refractivity contribution < 1.29 is 24.0 Å². The Morgan fingerprint density at radius 2 is 1.43 bits per heavy atom. The Bertz CT molecular complexity index is 1280. The van der Waals surface area contributed by atoms with Crippen LogP contribution in [-0.2, 0) is 12.0 Å². The van der Waals surface area contributed by atoms with E-state index in [-0.39, 0.29) is 5.92 Å². The fourth-order valence-electron chi connectivity index (χ4n) is 4.02. The van der Waals surface area contributed by atoms with Crippen LogP contribution in [0.25, 0.3) is 0 Å². The second-order valence-electron chi connectivity index (χ2n) is 9.05. The molecule has 1 N–H and O–H groups in total. The molecule has 214 valence electrons. The van der Waals surface area contributed by atoms with E-state index in [2.05, 4.69) is 4.98 Å². The highest BCUT2D eigenvalue weighted by Crippen LogP contribution is 2.35. The number of aromatic nitrogens is 2. The van der Waals surface area contributed by atoms with Crippen molar-refractivity contribution in [2.45, 2.75) is 59.5 Å². The highest BCUT2D eigenvalue weighted by molar-refractivity contribution is 5.46. The van der Waals surface area contributed by atoms with Crippen molar-refractivity contribution in [3.05, 3.63) is 113 Å². The van der Waals surface area contributed by atoms with Gasteiger partial charge in [0, 0.05) is 30.3 Å². The van der Waals surface area contributed by atoms with Gasteiger partial charge in [-0.2, -0.15) is 4.73 Å². The van der Waals surface area contributed by atoms with Crippen LogP contribution >= 0.6 is 0 Å². The van der Waals surface area contributed by atoms with E-state index in [1.165, 1.54) is 12.4 Å². The molecule has 0 aliphatic carbocycles. The summed E-state index contributed by atoms with van der Waals surface area (Å²) in [7, 11) is 3.22. The summed E-state index contributed by atoms with van der Waals surface area (Å²) in [5.74, 6) is 2.36. The molecule has 4 aromatic rings. The summed E-state index contributed by atoms with van der Waals surface area (Å²) in [5, 5.41) is 21.6. The van der Waals surface area contributed by atoms with E-state index in [1.807, 2.05) is 94.4 Å². The van der Waals surface area contributed by atoms with E-state index in [9.17, 15) is 10.3 Å². The zero-order valence-electron chi connectivity index (χ0n) is 24.8. The zero-order valence-corrected chi connectivity index (χ0v) is 24.8. The lowest BCUT2D eigenvalue weighted by atomic mass is 9.87. The van der Waals surface area contributed by atoms with Crippen molar-refractivity contribution in [3.8, 4) is 23.1 Å². The van der Waals surface area contributed by atoms with E-state index in [0.717, 1.165) is 27.0 Å². The molecule has 0 aliphatic rings. The van der Waals surface area contributed by atoms with Crippen LogP contribution in [-0.4, -0.2) is 24.3 Å². The Labute approximate surface area is 238 Å². The molecular weight excluding hydrogens is 504 g/mol. The molecule has 1 unspecified atom stereocenters. The van der Waals surface area contributed by atoms with Gasteiger partial charge in [0.05, 0.1) is 19.8 Å². The van der Waals surface area contributed by atoms with Crippen LogP contribution in [0.15, 0.2) is 85.3 Å². The molecule has 40 heavy (non-hydrogen) atoms. The number of nitrogens with zero attached hydrogens (tertiary/aromatic N) is 2. The van der Waals surface area contributed by atoms with Crippen molar-refractivity contribution in [1.82, 2.24) is 4.98 Å². The standard InChI is InChI=1S/C29H30N2O5.2C2H6/c1-29(2,32)23-7-9-24(10-8-23)36-28-12-6-22(19-30-28)25(17-20-13-15-31(33)16-14-20)21-5-11-26(34-3)27(18-21)35-4;2*1-2/h5-16,18-19,25,32H,17H2,1-4H3;2*1-2H3. The number of rotatable bonds is 9. The fourth-order valence-corrected chi connectivity index (χ4v) is 4.02. The van der Waals surface area contributed by atoms with Crippen molar-refractivity contribution >= 4 is 0 Å². The Balaban J connectivity index is 0.00000134. The predicted octanol–water partition coefficient (Wildman–Crippen LogP) is 7.18. The Morgan fingerprint density at radius 3 is 1.95 bits per heavy atom. The van der Waals surface area contributed by atoms with Gasteiger partial charge >= 0.3 is 0 Å². The lowest BCUT2D eigenvalue weighted by Gasteiger charge is -2.20. The molecule has 4 rings (SSSR count). The molecule has 7 heteroatoms. The zero-order chi connectivity index (χ0) is 29.7. The van der Waals surface area contributed by atoms with Gasteiger partial charge in [-0.05, 0) is 66.8 Å². The van der Waals surface area contributed by atoms with Crippen LogP contribution in [0.4, 0.5) is 0 Å². The molecule has 0 radical (unpaired) electrons. The maximum Gasteiger partial charge on any atom is 0.219 e. The average molecular weight is 547 g/mol. The molecule has 0 fully saturated rings. The molecular formula is C33H42N2O5. The van der Waals surface area contributed by atoms with Crippen molar-refractivity contribution in [1.29, 1.82) is 0 Å². The predicted molar refractivity (Wildman–Crippen MR) is 159 cm³/mol. The summed E-state index contributed by atoms with van der Waals surface area (Å²) in [6.45, 7) is 11.5. The molecule has 2 heterocycles. The minimum atomic E-state index is -0.912. The molecule has 0 spiro atoms. The molecule has 2 aromatic heterocycles. The number of aliphatic hydroxyl groups is 1. The third-order valence-electron chi connectivity index (χ3n) is 6.07. The molecule has 0 amide bonds. The summed E-state index contributed by atoms with van der Waals surface area (Å²) < 4.78 is 17.6. The van der Waals surface area contributed by atoms with Gasteiger partial charge in [-0.1, -0.05) is 52.0 Å². The number of ether oxygens (including phenoxy) is 3. The highest BCUT2D eigenvalue weighted by atomic mass is 16.5. The summed E-state index contributed by atoms with van der Waals surface area (Å²) >= 11 is 0. The summed E-state index contributed by atoms with van der Waals surface area (Å²) in [4.78, 5) is 4.54. The quantitative estimate of drug-likeness (QED) is 0.177. The lowest BCUT2D eigenvalue weighted by Crippen LogP contribution is -2.24. The topological polar surface area (TPSA) is 87.8 Å². The van der Waals surface area contributed by atoms with Gasteiger partial charge in [-0.25, -0.2) is 4.98 Å². The van der Waals surface area contributed by atoms with Gasteiger partial charge in [0.1, 0.15) is 5.75 Å². The monoisotopic (exact) mass is 546 g/mol. The van der Waals surface area contributed by atoms with Crippen LogP contribution in [0.1, 0.15) is 69.7 Å². The maximum atomic E-state index is 11.5. The summed E-state index contributed by atoms with van der Waals surface area (Å²) in [6, 6.07) is 20.6. The van der Waals surface area contributed by atoms with E-state index in [4.69, 9.17) is 14.2 Å². The van der Waals surface area contributed by atoms with Crippen LogP contribution in [0, 0.1) is 5.21 Å². The molecule has 7 nitrogen and oxygen atoms in total. The SMILES string of the molecule is CC.CC.COc1ccc(C(Cc2cc[n+]([O-])cc2)c2ccc(Oc3ccc(C(C)(C)O)cc3)nc2)cc1OC. The molecule has 2 aromatic carbocycles. The van der Waals surface area contributed by atoms with E-state index >= 15 is 0 Å². The van der Waals surface area contributed by atoms with Gasteiger partial charge in [-0.15, -0.1) is 0 Å². The molecule has 0 aliphatic heterocycles. The number of hydrogen-bond acceptors (Lipinski definition) is 6. The lowest BCUT2D eigenvalue weighted by molar-refractivity contribution is -0.605. The first-order valence-corrected chi connectivity index (χ1v) is 13.6. The van der Waals surface area contributed by atoms with Gasteiger partial charge < -0.3 is 24.5 Å². The maximum absolute atomic E-state index is 11.5. The first kappa shape index (κ1) is 32.1. The average Bonchev–Trinajstić information content (AvgIpc) is 2.99. The number of pyridine rings is 2. The molecule has 1 atom stereocenters. The molecule has 0 bridgehead atoms. The Hall–Kier alpha value is -4.10. The van der Waals surface area contributed by atoms with E-state index < -0.39 is 5.60 Å². The van der Waals surface area contributed by atoms with Gasteiger partial charge in [0.15, 0.2) is 23.9 Å². The Morgan fingerprint density at radius 1 is 0.825 bits per heavy atom. The van der Waals surface area contributed by atoms with Crippen molar-refractivity contribution in [2.24, 2.45) is 0 Å². The molecule has 0 saturated heterocycles. The first-order chi connectivity index (χ1) is 19.3. The van der Waals surface area contributed by atoms with Gasteiger partial charge in [-0.3, -0.25) is 0 Å².